The molecular weight excluding hydrogens is 276 g/mol. The van der Waals surface area contributed by atoms with E-state index in [9.17, 15) is 5.11 Å². The number of rotatable bonds is 5. The fraction of sp³-hybridized carbons (Fsp3) is 0.412. The van der Waals surface area contributed by atoms with Gasteiger partial charge in [0.1, 0.15) is 0 Å². The Labute approximate surface area is 131 Å². The van der Waals surface area contributed by atoms with Crippen LogP contribution in [0.15, 0.2) is 42.7 Å². The van der Waals surface area contributed by atoms with Gasteiger partial charge in [-0.15, -0.1) is 0 Å². The van der Waals surface area contributed by atoms with Crippen LogP contribution in [0.1, 0.15) is 17.5 Å². The zero-order valence-corrected chi connectivity index (χ0v) is 12.7. The summed E-state index contributed by atoms with van der Waals surface area (Å²) in [7, 11) is 0. The molecule has 2 aromatic rings. The van der Waals surface area contributed by atoms with Gasteiger partial charge in [0.2, 0.25) is 5.95 Å². The van der Waals surface area contributed by atoms with Crippen LogP contribution in [0.5, 0.6) is 0 Å². The quantitative estimate of drug-likeness (QED) is 0.869. The van der Waals surface area contributed by atoms with Crippen LogP contribution in [0.4, 0.5) is 5.95 Å². The third kappa shape index (κ3) is 3.61. The molecule has 0 aliphatic carbocycles. The van der Waals surface area contributed by atoms with E-state index in [2.05, 4.69) is 32.3 Å². The zero-order valence-electron chi connectivity index (χ0n) is 12.7. The van der Waals surface area contributed by atoms with E-state index in [1.807, 2.05) is 30.6 Å². The van der Waals surface area contributed by atoms with Crippen molar-refractivity contribution in [3.05, 3.63) is 53.9 Å². The monoisotopic (exact) mass is 298 g/mol. The summed E-state index contributed by atoms with van der Waals surface area (Å²) in [5.74, 6) is 0.761. The maximum absolute atomic E-state index is 9.20. The minimum absolute atomic E-state index is 0.189. The average Bonchev–Trinajstić information content (AvgIpc) is 2.58. The molecule has 2 N–H and O–H groups in total. The highest BCUT2D eigenvalue weighted by Gasteiger charge is 2.23. The van der Waals surface area contributed by atoms with E-state index in [-0.39, 0.29) is 12.6 Å². The van der Waals surface area contributed by atoms with E-state index < -0.39 is 0 Å². The first-order chi connectivity index (χ1) is 10.9. The minimum Gasteiger partial charge on any atom is -0.396 e. The van der Waals surface area contributed by atoms with E-state index in [0.29, 0.717) is 0 Å². The first-order valence-electron chi connectivity index (χ1n) is 7.80. The van der Waals surface area contributed by atoms with Crippen LogP contribution in [0, 0.1) is 0 Å². The molecule has 5 nitrogen and oxygen atoms in total. The standard InChI is InChI=1S/C17H22N4O/c22-9-6-16-13-18-7-8-21(16)17-19-11-15(12-20-17)10-14-4-2-1-3-5-14/h1-5,11-12,16,18,22H,6-10,13H2. The molecule has 2 heterocycles. The van der Waals surface area contributed by atoms with Crippen molar-refractivity contribution in [1.82, 2.24) is 15.3 Å². The van der Waals surface area contributed by atoms with E-state index in [0.717, 1.165) is 44.0 Å². The molecule has 22 heavy (non-hydrogen) atoms. The highest BCUT2D eigenvalue weighted by Crippen LogP contribution is 2.16. The summed E-state index contributed by atoms with van der Waals surface area (Å²) in [6, 6.07) is 10.6. The van der Waals surface area contributed by atoms with E-state index in [4.69, 9.17) is 0 Å². The maximum Gasteiger partial charge on any atom is 0.225 e. The van der Waals surface area contributed by atoms with Gasteiger partial charge in [-0.25, -0.2) is 9.97 Å². The normalized spacial score (nSPS) is 18.4. The number of nitrogens with one attached hydrogen (secondary N) is 1. The number of hydrogen-bond acceptors (Lipinski definition) is 5. The van der Waals surface area contributed by atoms with Crippen molar-refractivity contribution >= 4 is 5.95 Å². The number of aliphatic hydroxyl groups excluding tert-OH is 1. The van der Waals surface area contributed by atoms with Gasteiger partial charge in [-0.05, 0) is 17.5 Å². The molecule has 0 bridgehead atoms. The highest BCUT2D eigenvalue weighted by molar-refractivity contribution is 5.34. The molecule has 0 amide bonds. The van der Waals surface area contributed by atoms with Crippen molar-refractivity contribution in [3.8, 4) is 0 Å². The van der Waals surface area contributed by atoms with Gasteiger partial charge in [0.25, 0.3) is 0 Å². The molecule has 3 rings (SSSR count). The van der Waals surface area contributed by atoms with Crippen molar-refractivity contribution in [1.29, 1.82) is 0 Å². The maximum atomic E-state index is 9.20. The van der Waals surface area contributed by atoms with Gasteiger partial charge < -0.3 is 15.3 Å². The van der Waals surface area contributed by atoms with Crippen LogP contribution in [0.3, 0.4) is 0 Å². The Hall–Kier alpha value is -1.98. The van der Waals surface area contributed by atoms with Gasteiger partial charge >= 0.3 is 0 Å². The van der Waals surface area contributed by atoms with Gasteiger partial charge in [0, 0.05) is 51.1 Å². The molecule has 1 aliphatic rings. The van der Waals surface area contributed by atoms with Crippen molar-refractivity contribution in [3.63, 3.8) is 0 Å². The lowest BCUT2D eigenvalue weighted by Gasteiger charge is -2.36. The first-order valence-corrected chi connectivity index (χ1v) is 7.80. The van der Waals surface area contributed by atoms with Crippen molar-refractivity contribution in [2.24, 2.45) is 0 Å². The molecule has 1 unspecified atom stereocenters. The Bertz CT molecular complexity index is 571. The van der Waals surface area contributed by atoms with Crippen molar-refractivity contribution < 1.29 is 5.11 Å². The third-order valence-corrected chi connectivity index (χ3v) is 4.01. The van der Waals surface area contributed by atoms with Crippen LogP contribution in [-0.4, -0.2) is 47.4 Å². The molecule has 1 aromatic heterocycles. The van der Waals surface area contributed by atoms with Crippen molar-refractivity contribution in [2.45, 2.75) is 18.9 Å². The van der Waals surface area contributed by atoms with E-state index in [1.54, 1.807) is 0 Å². The lowest BCUT2D eigenvalue weighted by molar-refractivity contribution is 0.265. The molecule has 1 atom stereocenters. The Morgan fingerprint density at radius 1 is 1.14 bits per heavy atom. The number of anilines is 1. The molecule has 1 aliphatic heterocycles. The lowest BCUT2D eigenvalue weighted by atomic mass is 10.1. The number of piperazine rings is 1. The second-order valence-corrected chi connectivity index (χ2v) is 5.62. The molecule has 1 aromatic carbocycles. The van der Waals surface area contributed by atoms with E-state index >= 15 is 0 Å². The number of aliphatic hydroxyl groups is 1. The SMILES string of the molecule is OCCC1CNCCN1c1ncc(Cc2ccccc2)cn1. The fourth-order valence-electron chi connectivity index (χ4n) is 2.85. The largest absolute Gasteiger partial charge is 0.396 e. The molecule has 0 saturated carbocycles. The smallest absolute Gasteiger partial charge is 0.225 e. The molecule has 1 fully saturated rings. The molecule has 116 valence electrons. The van der Waals surface area contributed by atoms with E-state index in [1.165, 1.54) is 5.56 Å². The van der Waals surface area contributed by atoms with Crippen LogP contribution >= 0.6 is 0 Å². The Kier molecular flexibility index (Phi) is 4.98. The molecule has 1 saturated heterocycles. The Balaban J connectivity index is 1.70. The van der Waals surface area contributed by atoms with Gasteiger partial charge in [-0.1, -0.05) is 30.3 Å². The van der Waals surface area contributed by atoms with Crippen LogP contribution in [0.25, 0.3) is 0 Å². The first kappa shape index (κ1) is 14.9. The summed E-state index contributed by atoms with van der Waals surface area (Å²) in [5.41, 5.74) is 2.38. The summed E-state index contributed by atoms with van der Waals surface area (Å²) >= 11 is 0. The second kappa shape index (κ2) is 7.33. The van der Waals surface area contributed by atoms with Crippen molar-refractivity contribution in [2.75, 3.05) is 31.1 Å². The average molecular weight is 298 g/mol. The molecule has 0 radical (unpaired) electrons. The Morgan fingerprint density at radius 2 is 1.91 bits per heavy atom. The lowest BCUT2D eigenvalue weighted by Crippen LogP contribution is -2.52. The summed E-state index contributed by atoms with van der Waals surface area (Å²) in [6.45, 7) is 2.87. The number of hydrogen-bond donors (Lipinski definition) is 2. The molecule has 5 heteroatoms. The predicted octanol–water partition coefficient (Wildman–Crippen LogP) is 1.23. The predicted molar refractivity (Wildman–Crippen MR) is 87.0 cm³/mol. The van der Waals surface area contributed by atoms with Gasteiger partial charge in [-0.2, -0.15) is 0 Å². The summed E-state index contributed by atoms with van der Waals surface area (Å²) < 4.78 is 0. The summed E-state index contributed by atoms with van der Waals surface area (Å²) in [4.78, 5) is 11.3. The highest BCUT2D eigenvalue weighted by atomic mass is 16.3. The zero-order chi connectivity index (χ0) is 15.2. The van der Waals surface area contributed by atoms with Gasteiger partial charge in [-0.3, -0.25) is 0 Å². The van der Waals surface area contributed by atoms with Gasteiger partial charge in [0.15, 0.2) is 0 Å². The Morgan fingerprint density at radius 3 is 2.64 bits per heavy atom. The summed E-state index contributed by atoms with van der Waals surface area (Å²) in [5, 5.41) is 12.6. The molecule has 0 spiro atoms. The van der Waals surface area contributed by atoms with Crippen LogP contribution < -0.4 is 10.2 Å². The number of benzene rings is 1. The molecular formula is C17H22N4O. The fourth-order valence-corrected chi connectivity index (χ4v) is 2.85. The number of aromatic nitrogens is 2. The number of nitrogens with zero attached hydrogens (tertiary/aromatic N) is 3. The topological polar surface area (TPSA) is 61.3 Å². The minimum atomic E-state index is 0.189. The van der Waals surface area contributed by atoms with Gasteiger partial charge in [0.05, 0.1) is 0 Å². The van der Waals surface area contributed by atoms with Crippen LogP contribution in [0.2, 0.25) is 0 Å². The third-order valence-electron chi connectivity index (χ3n) is 4.01. The summed E-state index contributed by atoms with van der Waals surface area (Å²) in [6.07, 6.45) is 5.41. The second-order valence-electron chi connectivity index (χ2n) is 5.62. The van der Waals surface area contributed by atoms with Crippen LogP contribution in [-0.2, 0) is 6.42 Å².